The first kappa shape index (κ1) is 23.7. The van der Waals surface area contributed by atoms with Crippen molar-refractivity contribution in [2.45, 2.75) is 50.9 Å². The molecule has 2 N–H and O–H groups in total. The number of para-hydroxylation sites is 1. The summed E-state index contributed by atoms with van der Waals surface area (Å²) in [4.78, 5) is 2.14. The van der Waals surface area contributed by atoms with Gasteiger partial charge in [0.05, 0.1) is 18.8 Å². The molecule has 1 unspecified atom stereocenters. The second-order valence-corrected chi connectivity index (χ2v) is 10.3. The molecule has 4 heteroatoms. The molecule has 0 heterocycles. The minimum absolute atomic E-state index is 0.0452. The van der Waals surface area contributed by atoms with E-state index in [0.29, 0.717) is 19.1 Å². The Morgan fingerprint density at radius 1 is 1.00 bits per heavy atom. The predicted octanol–water partition coefficient (Wildman–Crippen LogP) is 5.35. The second kappa shape index (κ2) is 10.3. The Hall–Kier alpha value is -2.40. The lowest BCUT2D eigenvalue weighted by molar-refractivity contribution is -0.0209. The summed E-state index contributed by atoms with van der Waals surface area (Å²) in [7, 11) is 4.14. The molecule has 1 fully saturated rings. The van der Waals surface area contributed by atoms with Crippen LogP contribution in [0.25, 0.3) is 10.8 Å². The van der Waals surface area contributed by atoms with Gasteiger partial charge in [-0.15, -0.1) is 0 Å². The molecule has 0 amide bonds. The first-order valence-corrected chi connectivity index (χ1v) is 12.1. The Kier molecular flexibility index (Phi) is 7.38. The van der Waals surface area contributed by atoms with E-state index in [1.807, 2.05) is 0 Å². The number of hydrogen-bond donors (Lipinski definition) is 2. The summed E-state index contributed by atoms with van der Waals surface area (Å²) in [6.45, 7) is 5.22. The van der Waals surface area contributed by atoms with E-state index >= 15 is 0 Å². The first-order chi connectivity index (χ1) is 15.8. The molecule has 3 aromatic carbocycles. The number of aliphatic hydroxyl groups is 1. The second-order valence-electron chi connectivity index (χ2n) is 10.3. The average molecular weight is 447 g/mol. The van der Waals surface area contributed by atoms with E-state index in [-0.39, 0.29) is 11.6 Å². The summed E-state index contributed by atoms with van der Waals surface area (Å²) in [6, 6.07) is 23.6. The van der Waals surface area contributed by atoms with Crippen LogP contribution >= 0.6 is 0 Å². The van der Waals surface area contributed by atoms with Crippen molar-refractivity contribution in [1.29, 1.82) is 0 Å². The molecule has 0 aliphatic heterocycles. The summed E-state index contributed by atoms with van der Waals surface area (Å²) in [5, 5.41) is 16.8. The highest BCUT2D eigenvalue weighted by molar-refractivity contribution is 5.83. The maximum Gasteiger partial charge on any atom is 0.0898 e. The summed E-state index contributed by atoms with van der Waals surface area (Å²) < 4.78 is 6.32. The smallest absolute Gasteiger partial charge is 0.0898 e. The normalized spacial score (nSPS) is 16.0. The van der Waals surface area contributed by atoms with Crippen LogP contribution in [0, 0.1) is 5.92 Å². The van der Waals surface area contributed by atoms with Gasteiger partial charge in [0.1, 0.15) is 0 Å². The lowest BCUT2D eigenvalue weighted by atomic mass is 9.93. The minimum atomic E-state index is -0.548. The fourth-order valence-corrected chi connectivity index (χ4v) is 4.60. The maximum atomic E-state index is 10.7. The molecule has 0 bridgehead atoms. The van der Waals surface area contributed by atoms with E-state index in [1.165, 1.54) is 40.4 Å². The van der Waals surface area contributed by atoms with E-state index in [2.05, 4.69) is 105 Å². The molecule has 1 saturated carbocycles. The Bertz CT molecular complexity index is 1060. The molecular weight excluding hydrogens is 408 g/mol. The van der Waals surface area contributed by atoms with Crippen molar-refractivity contribution in [3.05, 3.63) is 77.9 Å². The quantitative estimate of drug-likeness (QED) is 0.417. The molecule has 4 nitrogen and oxygen atoms in total. The van der Waals surface area contributed by atoms with Crippen LogP contribution < -0.4 is 10.2 Å². The fourth-order valence-electron chi connectivity index (χ4n) is 4.60. The van der Waals surface area contributed by atoms with Gasteiger partial charge in [0.2, 0.25) is 0 Å². The number of hydrogen-bond acceptors (Lipinski definition) is 4. The van der Waals surface area contributed by atoms with Gasteiger partial charge in [0, 0.05) is 37.4 Å². The zero-order valence-electron chi connectivity index (χ0n) is 20.4. The summed E-state index contributed by atoms with van der Waals surface area (Å²) in [5.41, 5.74) is 3.59. The van der Waals surface area contributed by atoms with Crippen LogP contribution in [0.2, 0.25) is 0 Å². The van der Waals surface area contributed by atoms with Crippen molar-refractivity contribution in [2.24, 2.45) is 5.92 Å². The highest BCUT2D eigenvalue weighted by Crippen LogP contribution is 2.45. The monoisotopic (exact) mass is 446 g/mol. The lowest BCUT2D eigenvalue weighted by Gasteiger charge is -2.29. The van der Waals surface area contributed by atoms with Crippen molar-refractivity contribution in [3.8, 4) is 0 Å². The van der Waals surface area contributed by atoms with Gasteiger partial charge in [0.25, 0.3) is 0 Å². The van der Waals surface area contributed by atoms with E-state index in [0.717, 1.165) is 6.42 Å². The molecule has 0 saturated heterocycles. The average Bonchev–Trinajstić information content (AvgIpc) is 3.63. The van der Waals surface area contributed by atoms with Gasteiger partial charge < -0.3 is 20.1 Å². The van der Waals surface area contributed by atoms with Crippen molar-refractivity contribution < 1.29 is 9.84 Å². The van der Waals surface area contributed by atoms with Crippen LogP contribution in [0.3, 0.4) is 0 Å². The van der Waals surface area contributed by atoms with E-state index in [4.69, 9.17) is 4.74 Å². The fraction of sp³-hybridized carbons (Fsp3) is 0.448. The number of ether oxygens (including phenoxy) is 1. The molecule has 0 spiro atoms. The number of nitrogens with zero attached hydrogens (tertiary/aromatic N) is 1. The number of nitrogens with one attached hydrogen (secondary N) is 1. The van der Waals surface area contributed by atoms with Crippen molar-refractivity contribution in [1.82, 2.24) is 5.32 Å². The lowest BCUT2D eigenvalue weighted by Crippen LogP contribution is -2.46. The number of anilines is 1. The molecule has 3 aromatic rings. The van der Waals surface area contributed by atoms with Crippen LogP contribution in [-0.2, 0) is 11.2 Å². The molecule has 33 heavy (non-hydrogen) atoms. The number of β-amino-alcohol motifs (C(OH)–C–C–N with tert-alkyl or cyclic N) is 1. The molecule has 2 atom stereocenters. The van der Waals surface area contributed by atoms with Crippen molar-refractivity contribution in [2.75, 3.05) is 32.1 Å². The van der Waals surface area contributed by atoms with Gasteiger partial charge in [-0.3, -0.25) is 0 Å². The molecule has 1 aliphatic rings. The highest BCUT2D eigenvalue weighted by Gasteiger charge is 2.35. The number of fused-ring (bicyclic) bond motifs is 1. The Labute approximate surface area is 198 Å². The minimum Gasteiger partial charge on any atom is -0.389 e. The third-order valence-corrected chi connectivity index (χ3v) is 6.52. The zero-order chi connectivity index (χ0) is 23.4. The molecular formula is C29H38N2O2. The Balaban J connectivity index is 1.32. The van der Waals surface area contributed by atoms with Crippen LogP contribution in [0.15, 0.2) is 66.7 Å². The maximum absolute atomic E-state index is 10.7. The van der Waals surface area contributed by atoms with Gasteiger partial charge in [-0.2, -0.15) is 0 Å². The molecule has 0 aromatic heterocycles. The van der Waals surface area contributed by atoms with Crippen LogP contribution in [0.1, 0.15) is 43.9 Å². The SMILES string of the molecule is CN(C)c1ccccc1C(OC[C@H](O)CNC(C)(C)Cc1ccc2ccccc2c1)C1CC1. The van der Waals surface area contributed by atoms with Crippen molar-refractivity contribution >= 4 is 16.5 Å². The third-order valence-electron chi connectivity index (χ3n) is 6.52. The Morgan fingerprint density at radius 3 is 2.42 bits per heavy atom. The van der Waals surface area contributed by atoms with Gasteiger partial charge >= 0.3 is 0 Å². The highest BCUT2D eigenvalue weighted by atomic mass is 16.5. The van der Waals surface area contributed by atoms with Gasteiger partial charge in [-0.05, 0) is 61.4 Å². The van der Waals surface area contributed by atoms with E-state index in [1.54, 1.807) is 0 Å². The molecule has 176 valence electrons. The van der Waals surface area contributed by atoms with Gasteiger partial charge in [-0.25, -0.2) is 0 Å². The molecule has 1 aliphatic carbocycles. The number of benzene rings is 3. The van der Waals surface area contributed by atoms with Gasteiger partial charge in [-0.1, -0.05) is 60.7 Å². The topological polar surface area (TPSA) is 44.7 Å². The summed E-state index contributed by atoms with van der Waals surface area (Å²) in [5.74, 6) is 0.551. The summed E-state index contributed by atoms with van der Waals surface area (Å²) >= 11 is 0. The molecule has 4 rings (SSSR count). The van der Waals surface area contributed by atoms with Crippen molar-refractivity contribution in [3.63, 3.8) is 0 Å². The third kappa shape index (κ3) is 6.35. The largest absolute Gasteiger partial charge is 0.389 e. The van der Waals surface area contributed by atoms with E-state index < -0.39 is 6.10 Å². The standard InChI is InChI=1S/C29H38N2O2/c1-29(2,18-21-13-14-22-9-5-6-10-24(22)17-21)30-19-25(32)20-33-28(23-15-16-23)26-11-7-8-12-27(26)31(3)4/h5-14,17,23,25,28,30,32H,15-16,18-20H2,1-4H3/t25-,28?/m1/s1. The number of aliphatic hydroxyl groups excluding tert-OH is 1. The van der Waals surface area contributed by atoms with Crippen LogP contribution in [0.5, 0.6) is 0 Å². The van der Waals surface area contributed by atoms with Crippen LogP contribution in [0.4, 0.5) is 5.69 Å². The van der Waals surface area contributed by atoms with Crippen LogP contribution in [-0.4, -0.2) is 44.0 Å². The zero-order valence-corrected chi connectivity index (χ0v) is 20.4. The van der Waals surface area contributed by atoms with E-state index in [9.17, 15) is 5.11 Å². The summed E-state index contributed by atoms with van der Waals surface area (Å²) in [6.07, 6.45) is 2.78. The molecule has 0 radical (unpaired) electrons. The first-order valence-electron chi connectivity index (χ1n) is 12.1. The van der Waals surface area contributed by atoms with Gasteiger partial charge in [0.15, 0.2) is 0 Å². The predicted molar refractivity (Wildman–Crippen MR) is 138 cm³/mol. The number of rotatable bonds is 11. The Morgan fingerprint density at radius 2 is 1.70 bits per heavy atom.